The highest BCUT2D eigenvalue weighted by Crippen LogP contribution is 2.24. The van der Waals surface area contributed by atoms with E-state index in [0.29, 0.717) is 22.5 Å². The van der Waals surface area contributed by atoms with Gasteiger partial charge in [0, 0.05) is 24.2 Å². The Kier molecular flexibility index (Phi) is 4.57. The molecule has 0 aliphatic carbocycles. The number of rotatable bonds is 3. The van der Waals surface area contributed by atoms with Crippen molar-refractivity contribution in [3.63, 3.8) is 0 Å². The fourth-order valence-corrected chi connectivity index (χ4v) is 2.05. The molecule has 0 saturated heterocycles. The quantitative estimate of drug-likeness (QED) is 0.572. The van der Waals surface area contributed by atoms with E-state index in [0.717, 1.165) is 0 Å². The summed E-state index contributed by atoms with van der Waals surface area (Å²) in [5.74, 6) is -0.527. The molecular formula is C14H13ClFN5O. The van der Waals surface area contributed by atoms with Crippen molar-refractivity contribution in [1.82, 2.24) is 14.9 Å². The van der Waals surface area contributed by atoms with Crippen LogP contribution in [0.25, 0.3) is 11.3 Å². The van der Waals surface area contributed by atoms with Crippen molar-refractivity contribution < 1.29 is 8.91 Å². The number of nitrogens with one attached hydrogen (secondary N) is 1. The van der Waals surface area contributed by atoms with E-state index in [2.05, 4.69) is 10.3 Å². The molecule has 0 atom stereocenters. The van der Waals surface area contributed by atoms with Crippen LogP contribution in [0.15, 0.2) is 47.3 Å². The summed E-state index contributed by atoms with van der Waals surface area (Å²) in [7, 11) is 0. The standard InChI is InChI=1S/C14H12FN5O.ClH/c15-11-4-2-1-3-9(11)7-13-10(12-5-6-21-19-12)8-20(18-13)14(16)17;/h1-6,8H,7H2,(H3,16,17);1H. The van der Waals surface area contributed by atoms with Gasteiger partial charge in [0.2, 0.25) is 5.96 Å². The van der Waals surface area contributed by atoms with Gasteiger partial charge < -0.3 is 10.3 Å². The third kappa shape index (κ3) is 2.99. The summed E-state index contributed by atoms with van der Waals surface area (Å²) in [6.45, 7) is 0. The van der Waals surface area contributed by atoms with Crippen LogP contribution in [0.5, 0.6) is 0 Å². The minimum atomic E-state index is -0.305. The number of aromatic nitrogens is 3. The summed E-state index contributed by atoms with van der Waals surface area (Å²) in [5.41, 5.74) is 7.74. The molecule has 6 nitrogen and oxygen atoms in total. The average Bonchev–Trinajstić information content (AvgIpc) is 3.10. The topological polar surface area (TPSA) is 93.7 Å². The average molecular weight is 322 g/mol. The van der Waals surface area contributed by atoms with Crippen LogP contribution >= 0.6 is 12.4 Å². The normalized spacial score (nSPS) is 10.2. The Hall–Kier alpha value is -2.67. The number of nitrogens with two attached hydrogens (primary N) is 1. The zero-order chi connectivity index (χ0) is 14.8. The van der Waals surface area contributed by atoms with Gasteiger partial charge in [-0.3, -0.25) is 5.41 Å². The molecule has 3 N–H and O–H groups in total. The van der Waals surface area contributed by atoms with Gasteiger partial charge in [0.15, 0.2) is 0 Å². The summed E-state index contributed by atoms with van der Waals surface area (Å²) in [6.07, 6.45) is 3.29. The summed E-state index contributed by atoms with van der Waals surface area (Å²) in [5, 5.41) is 15.5. The van der Waals surface area contributed by atoms with Crippen LogP contribution in [0.2, 0.25) is 0 Å². The third-order valence-corrected chi connectivity index (χ3v) is 3.07. The van der Waals surface area contributed by atoms with Gasteiger partial charge >= 0.3 is 0 Å². The van der Waals surface area contributed by atoms with Crippen molar-refractivity contribution >= 4 is 18.4 Å². The van der Waals surface area contributed by atoms with E-state index in [9.17, 15) is 4.39 Å². The zero-order valence-electron chi connectivity index (χ0n) is 11.4. The fraction of sp³-hybridized carbons (Fsp3) is 0.0714. The Balaban J connectivity index is 0.00000176. The van der Waals surface area contributed by atoms with E-state index in [1.54, 1.807) is 30.5 Å². The molecule has 0 unspecified atom stereocenters. The highest BCUT2D eigenvalue weighted by atomic mass is 35.5. The number of benzene rings is 1. The maximum absolute atomic E-state index is 13.8. The van der Waals surface area contributed by atoms with E-state index < -0.39 is 0 Å². The van der Waals surface area contributed by atoms with E-state index in [-0.39, 0.29) is 30.6 Å². The van der Waals surface area contributed by atoms with E-state index in [1.165, 1.54) is 17.0 Å². The number of nitrogen functional groups attached to an aromatic ring is 1. The SMILES string of the molecule is Cl.N=C(N)n1cc(-c2ccon2)c(Cc2ccccc2F)n1. The molecule has 8 heteroatoms. The van der Waals surface area contributed by atoms with Gasteiger partial charge in [-0.2, -0.15) is 5.10 Å². The third-order valence-electron chi connectivity index (χ3n) is 3.07. The first-order valence-electron chi connectivity index (χ1n) is 6.22. The molecule has 2 heterocycles. The molecule has 0 aliphatic rings. The molecule has 3 aromatic rings. The molecule has 114 valence electrons. The first kappa shape index (κ1) is 15.7. The Labute approximate surface area is 131 Å². The van der Waals surface area contributed by atoms with Gasteiger partial charge in [-0.25, -0.2) is 9.07 Å². The maximum Gasteiger partial charge on any atom is 0.213 e. The highest BCUT2D eigenvalue weighted by Gasteiger charge is 2.16. The first-order valence-corrected chi connectivity index (χ1v) is 6.22. The summed E-state index contributed by atoms with van der Waals surface area (Å²) < 4.78 is 19.8. The maximum atomic E-state index is 13.8. The van der Waals surface area contributed by atoms with E-state index in [1.807, 2.05) is 0 Å². The van der Waals surface area contributed by atoms with Crippen LogP contribution in [-0.4, -0.2) is 20.9 Å². The molecule has 0 spiro atoms. The van der Waals surface area contributed by atoms with Gasteiger partial charge in [0.25, 0.3) is 0 Å². The summed E-state index contributed by atoms with van der Waals surface area (Å²) in [6, 6.07) is 8.15. The lowest BCUT2D eigenvalue weighted by Crippen LogP contribution is -2.21. The molecule has 3 rings (SSSR count). The lowest BCUT2D eigenvalue weighted by atomic mass is 10.1. The molecular weight excluding hydrogens is 309 g/mol. The minimum Gasteiger partial charge on any atom is -0.368 e. The lowest BCUT2D eigenvalue weighted by Gasteiger charge is -2.02. The molecule has 1 aromatic carbocycles. The van der Waals surface area contributed by atoms with Crippen molar-refractivity contribution in [2.24, 2.45) is 5.73 Å². The lowest BCUT2D eigenvalue weighted by molar-refractivity contribution is 0.422. The number of nitrogens with zero attached hydrogens (tertiary/aromatic N) is 3. The van der Waals surface area contributed by atoms with Gasteiger partial charge in [-0.05, 0) is 11.6 Å². The first-order chi connectivity index (χ1) is 10.1. The van der Waals surface area contributed by atoms with Gasteiger partial charge in [0.1, 0.15) is 17.8 Å². The monoisotopic (exact) mass is 321 g/mol. The van der Waals surface area contributed by atoms with Gasteiger partial charge in [-0.1, -0.05) is 23.4 Å². The van der Waals surface area contributed by atoms with Crippen LogP contribution in [0.3, 0.4) is 0 Å². The van der Waals surface area contributed by atoms with Gasteiger partial charge in [0.05, 0.1) is 5.69 Å². The molecule has 0 radical (unpaired) electrons. The van der Waals surface area contributed by atoms with Crippen LogP contribution in [0.1, 0.15) is 11.3 Å². The minimum absolute atomic E-state index is 0. The largest absolute Gasteiger partial charge is 0.368 e. The summed E-state index contributed by atoms with van der Waals surface area (Å²) in [4.78, 5) is 0. The second kappa shape index (κ2) is 6.40. The Morgan fingerprint density at radius 2 is 2.09 bits per heavy atom. The van der Waals surface area contributed by atoms with Crippen molar-refractivity contribution in [2.75, 3.05) is 0 Å². The summed E-state index contributed by atoms with van der Waals surface area (Å²) >= 11 is 0. The van der Waals surface area contributed by atoms with Crippen molar-refractivity contribution in [2.45, 2.75) is 6.42 Å². The number of hydrogen-bond donors (Lipinski definition) is 2. The molecule has 0 saturated carbocycles. The molecule has 0 fully saturated rings. The van der Waals surface area contributed by atoms with Gasteiger partial charge in [-0.15, -0.1) is 12.4 Å². The van der Waals surface area contributed by atoms with Crippen LogP contribution in [-0.2, 0) is 6.42 Å². The second-order valence-electron chi connectivity index (χ2n) is 4.47. The van der Waals surface area contributed by atoms with Crippen LogP contribution < -0.4 is 5.73 Å². The highest BCUT2D eigenvalue weighted by molar-refractivity contribution is 5.85. The van der Waals surface area contributed by atoms with Crippen LogP contribution in [0, 0.1) is 11.2 Å². The number of hydrogen-bond acceptors (Lipinski definition) is 4. The number of halogens is 2. The molecule has 0 aliphatic heterocycles. The molecule has 22 heavy (non-hydrogen) atoms. The Bertz CT molecular complexity index is 784. The molecule has 2 aromatic heterocycles. The zero-order valence-corrected chi connectivity index (χ0v) is 12.2. The second-order valence-corrected chi connectivity index (χ2v) is 4.47. The van der Waals surface area contributed by atoms with E-state index in [4.69, 9.17) is 15.7 Å². The Morgan fingerprint density at radius 1 is 1.32 bits per heavy atom. The Morgan fingerprint density at radius 3 is 2.73 bits per heavy atom. The predicted octanol–water partition coefficient (Wildman–Crippen LogP) is 2.43. The van der Waals surface area contributed by atoms with E-state index >= 15 is 0 Å². The van der Waals surface area contributed by atoms with Crippen molar-refractivity contribution in [1.29, 1.82) is 5.41 Å². The van der Waals surface area contributed by atoms with Crippen LogP contribution in [0.4, 0.5) is 4.39 Å². The smallest absolute Gasteiger partial charge is 0.213 e. The predicted molar refractivity (Wildman–Crippen MR) is 81.5 cm³/mol. The fourth-order valence-electron chi connectivity index (χ4n) is 2.05. The van der Waals surface area contributed by atoms with Crippen molar-refractivity contribution in [3.8, 4) is 11.3 Å². The molecule has 0 amide bonds. The molecule has 0 bridgehead atoms. The van der Waals surface area contributed by atoms with Crippen molar-refractivity contribution in [3.05, 3.63) is 59.9 Å².